The number of aryl methyl sites for hydroxylation is 1. The first kappa shape index (κ1) is 21.8. The molecule has 0 bridgehead atoms. The minimum atomic E-state index is -0.153. The van der Waals surface area contributed by atoms with Crippen LogP contribution in [-0.4, -0.2) is 21.2 Å². The van der Waals surface area contributed by atoms with E-state index in [2.05, 4.69) is 10.3 Å². The van der Waals surface area contributed by atoms with Gasteiger partial charge in [-0.3, -0.25) is 14.2 Å². The maximum Gasteiger partial charge on any atom is 0.254 e. The van der Waals surface area contributed by atoms with E-state index in [1.54, 1.807) is 23.4 Å². The predicted octanol–water partition coefficient (Wildman–Crippen LogP) is 4.26. The molecule has 1 aromatic heterocycles. The smallest absolute Gasteiger partial charge is 0.254 e. The monoisotopic (exact) mass is 421 g/mol. The summed E-state index contributed by atoms with van der Waals surface area (Å²) in [7, 11) is 1.73. The van der Waals surface area contributed by atoms with Gasteiger partial charge in [0, 0.05) is 31.0 Å². The highest BCUT2D eigenvalue weighted by Gasteiger charge is 2.16. The summed E-state index contributed by atoms with van der Waals surface area (Å²) in [5, 5.41) is 3.90. The van der Waals surface area contributed by atoms with Crippen molar-refractivity contribution < 1.29 is 4.79 Å². The van der Waals surface area contributed by atoms with E-state index in [0.717, 1.165) is 40.6 Å². The Labute approximate surface area is 181 Å². The third-order valence-electron chi connectivity index (χ3n) is 4.82. The van der Waals surface area contributed by atoms with Gasteiger partial charge in [0.2, 0.25) is 5.91 Å². The SMILES string of the molecule is Cc1cc(=O)n(C)c(SCCCCC(=O)NC(c2ccccc2)c2ccccc2)n1. The van der Waals surface area contributed by atoms with Gasteiger partial charge in [-0.25, -0.2) is 4.98 Å². The van der Waals surface area contributed by atoms with Crippen LogP contribution in [0, 0.1) is 6.92 Å². The molecule has 0 unspecified atom stereocenters. The summed E-state index contributed by atoms with van der Waals surface area (Å²) in [6.45, 7) is 1.83. The fourth-order valence-corrected chi connectivity index (χ4v) is 4.21. The lowest BCUT2D eigenvalue weighted by atomic mass is 9.98. The number of rotatable bonds is 9. The van der Waals surface area contributed by atoms with Crippen LogP contribution in [0.2, 0.25) is 0 Å². The topological polar surface area (TPSA) is 64.0 Å². The molecule has 3 rings (SSSR count). The van der Waals surface area contributed by atoms with Crippen molar-refractivity contribution in [2.45, 2.75) is 37.4 Å². The van der Waals surface area contributed by atoms with Crippen molar-refractivity contribution in [1.29, 1.82) is 0 Å². The maximum atomic E-state index is 12.6. The second-order valence-corrected chi connectivity index (χ2v) is 8.27. The molecule has 0 radical (unpaired) electrons. The number of carbonyl (C=O) groups excluding carboxylic acids is 1. The molecule has 5 nitrogen and oxygen atoms in total. The highest BCUT2D eigenvalue weighted by atomic mass is 32.2. The molecular formula is C24H27N3O2S. The van der Waals surface area contributed by atoms with E-state index in [4.69, 9.17) is 0 Å². The second kappa shape index (κ2) is 10.8. The fourth-order valence-electron chi connectivity index (χ4n) is 3.19. The number of benzene rings is 2. The minimum Gasteiger partial charge on any atom is -0.345 e. The molecule has 2 aromatic carbocycles. The van der Waals surface area contributed by atoms with E-state index >= 15 is 0 Å². The van der Waals surface area contributed by atoms with Crippen LogP contribution in [0.4, 0.5) is 0 Å². The van der Waals surface area contributed by atoms with Gasteiger partial charge in [-0.2, -0.15) is 0 Å². The number of thioether (sulfide) groups is 1. The highest BCUT2D eigenvalue weighted by Crippen LogP contribution is 2.22. The summed E-state index contributed by atoms with van der Waals surface area (Å²) >= 11 is 1.55. The Hall–Kier alpha value is -2.86. The van der Waals surface area contributed by atoms with E-state index in [9.17, 15) is 9.59 Å². The van der Waals surface area contributed by atoms with Gasteiger partial charge in [-0.05, 0) is 30.9 Å². The Morgan fingerprint density at radius 3 is 2.23 bits per heavy atom. The third kappa shape index (κ3) is 6.07. The first-order chi connectivity index (χ1) is 14.5. The molecule has 0 saturated carbocycles. The number of nitrogens with zero attached hydrogens (tertiary/aromatic N) is 2. The minimum absolute atomic E-state index is 0.0405. The van der Waals surface area contributed by atoms with Crippen LogP contribution in [0.25, 0.3) is 0 Å². The average Bonchev–Trinajstić information content (AvgIpc) is 2.76. The zero-order chi connectivity index (χ0) is 21.3. The summed E-state index contributed by atoms with van der Waals surface area (Å²) < 4.78 is 1.56. The van der Waals surface area contributed by atoms with Gasteiger partial charge in [-0.1, -0.05) is 72.4 Å². The molecule has 0 aliphatic rings. The highest BCUT2D eigenvalue weighted by molar-refractivity contribution is 7.99. The van der Waals surface area contributed by atoms with Gasteiger partial charge < -0.3 is 5.32 Å². The predicted molar refractivity (Wildman–Crippen MR) is 122 cm³/mol. The lowest BCUT2D eigenvalue weighted by Gasteiger charge is -2.20. The molecule has 6 heteroatoms. The van der Waals surface area contributed by atoms with Gasteiger partial charge in [0.15, 0.2) is 5.16 Å². The molecule has 0 spiro atoms. The van der Waals surface area contributed by atoms with Gasteiger partial charge in [0.25, 0.3) is 5.56 Å². The van der Waals surface area contributed by atoms with E-state index in [-0.39, 0.29) is 17.5 Å². The van der Waals surface area contributed by atoms with Crippen LogP contribution >= 0.6 is 11.8 Å². The summed E-state index contributed by atoms with van der Waals surface area (Å²) in [6, 6.07) is 21.4. The van der Waals surface area contributed by atoms with Crippen molar-refractivity contribution in [3.05, 3.63) is 93.9 Å². The molecule has 1 N–H and O–H groups in total. The maximum absolute atomic E-state index is 12.6. The Balaban J connectivity index is 1.51. The van der Waals surface area contributed by atoms with Gasteiger partial charge in [0.05, 0.1) is 6.04 Å². The molecule has 0 aliphatic heterocycles. The number of amides is 1. The van der Waals surface area contributed by atoms with Crippen molar-refractivity contribution in [3.63, 3.8) is 0 Å². The average molecular weight is 422 g/mol. The first-order valence-electron chi connectivity index (χ1n) is 10.1. The number of unbranched alkanes of at least 4 members (excludes halogenated alkanes) is 1. The lowest BCUT2D eigenvalue weighted by molar-refractivity contribution is -0.121. The van der Waals surface area contributed by atoms with Crippen LogP contribution in [0.1, 0.15) is 42.1 Å². The van der Waals surface area contributed by atoms with E-state index < -0.39 is 0 Å². The summed E-state index contributed by atoms with van der Waals surface area (Å²) in [5.41, 5.74) is 2.82. The Morgan fingerprint density at radius 1 is 1.03 bits per heavy atom. The molecule has 30 heavy (non-hydrogen) atoms. The van der Waals surface area contributed by atoms with Crippen LogP contribution in [0.15, 0.2) is 76.7 Å². The lowest BCUT2D eigenvalue weighted by Crippen LogP contribution is -2.29. The zero-order valence-corrected chi connectivity index (χ0v) is 18.2. The zero-order valence-electron chi connectivity index (χ0n) is 17.4. The summed E-state index contributed by atoms with van der Waals surface area (Å²) in [4.78, 5) is 28.9. The Morgan fingerprint density at radius 2 is 1.63 bits per heavy atom. The number of hydrogen-bond donors (Lipinski definition) is 1. The molecule has 0 fully saturated rings. The van der Waals surface area contributed by atoms with Gasteiger partial charge in [-0.15, -0.1) is 0 Å². The summed E-state index contributed by atoms with van der Waals surface area (Å²) in [5.74, 6) is 0.858. The number of hydrogen-bond acceptors (Lipinski definition) is 4. The number of nitrogens with one attached hydrogen (secondary N) is 1. The van der Waals surface area contributed by atoms with Crippen molar-refractivity contribution in [2.24, 2.45) is 7.05 Å². The molecular weight excluding hydrogens is 394 g/mol. The van der Waals surface area contributed by atoms with E-state index in [1.165, 1.54) is 6.07 Å². The van der Waals surface area contributed by atoms with E-state index in [0.29, 0.717) is 6.42 Å². The van der Waals surface area contributed by atoms with Crippen molar-refractivity contribution in [1.82, 2.24) is 14.9 Å². The molecule has 156 valence electrons. The van der Waals surface area contributed by atoms with E-state index in [1.807, 2.05) is 67.6 Å². The molecule has 3 aromatic rings. The normalized spacial score (nSPS) is 10.9. The Kier molecular flexibility index (Phi) is 7.85. The summed E-state index contributed by atoms with van der Waals surface area (Å²) in [6.07, 6.45) is 2.13. The second-order valence-electron chi connectivity index (χ2n) is 7.20. The van der Waals surface area contributed by atoms with Gasteiger partial charge in [0.1, 0.15) is 0 Å². The standard InChI is InChI=1S/C24H27N3O2S/c1-18-17-22(29)27(2)24(25-18)30-16-10-9-15-21(28)26-23(19-11-5-3-6-12-19)20-13-7-4-8-14-20/h3-8,11-14,17,23H,9-10,15-16H2,1-2H3,(H,26,28). The fraction of sp³-hybridized carbons (Fsp3) is 0.292. The largest absolute Gasteiger partial charge is 0.345 e. The quantitative estimate of drug-likeness (QED) is 0.319. The first-order valence-corrected chi connectivity index (χ1v) is 11.1. The number of carbonyl (C=O) groups is 1. The molecule has 0 atom stereocenters. The third-order valence-corrected chi connectivity index (χ3v) is 5.94. The van der Waals surface area contributed by atoms with Crippen LogP contribution in [-0.2, 0) is 11.8 Å². The van der Waals surface area contributed by atoms with Crippen molar-refractivity contribution >= 4 is 17.7 Å². The Bertz CT molecular complexity index is 980. The number of aromatic nitrogens is 2. The van der Waals surface area contributed by atoms with Crippen molar-refractivity contribution in [3.8, 4) is 0 Å². The van der Waals surface area contributed by atoms with Crippen LogP contribution in [0.3, 0.4) is 0 Å². The molecule has 1 heterocycles. The van der Waals surface area contributed by atoms with Crippen molar-refractivity contribution in [2.75, 3.05) is 5.75 Å². The molecule has 0 aliphatic carbocycles. The molecule has 1 amide bonds. The van der Waals surface area contributed by atoms with Gasteiger partial charge >= 0.3 is 0 Å². The van der Waals surface area contributed by atoms with Crippen LogP contribution < -0.4 is 10.9 Å². The molecule has 0 saturated heterocycles. The van der Waals surface area contributed by atoms with Crippen LogP contribution in [0.5, 0.6) is 0 Å².